The van der Waals surface area contributed by atoms with E-state index in [1.807, 2.05) is 6.92 Å². The molecule has 0 unspecified atom stereocenters. The molecule has 0 saturated heterocycles. The fraction of sp³-hybridized carbons (Fsp3) is 0.941. The minimum absolute atomic E-state index is 0.351. The molecule has 9 heteroatoms. The molecule has 0 amide bonds. The van der Waals surface area contributed by atoms with Crippen molar-refractivity contribution < 1.29 is 22.6 Å². The van der Waals surface area contributed by atoms with E-state index in [2.05, 4.69) is 22.5 Å². The quantitative estimate of drug-likeness (QED) is 0.258. The van der Waals surface area contributed by atoms with Gasteiger partial charge in [-0.3, -0.25) is 9.89 Å². The van der Waals surface area contributed by atoms with Crippen molar-refractivity contribution in [3.8, 4) is 0 Å². The molecular formula is C17H35F3N4O2. The molecular weight excluding hydrogens is 349 g/mol. The fourth-order valence-corrected chi connectivity index (χ4v) is 2.07. The number of aliphatic imine (C=N–C) groups is 1. The Kier molecular flexibility index (Phi) is 15.5. The van der Waals surface area contributed by atoms with Crippen molar-refractivity contribution in [2.45, 2.75) is 39.3 Å². The van der Waals surface area contributed by atoms with E-state index in [-0.39, 0.29) is 0 Å². The molecule has 156 valence electrons. The molecule has 0 aliphatic carbocycles. The summed E-state index contributed by atoms with van der Waals surface area (Å²) in [5.41, 5.74) is 0. The van der Waals surface area contributed by atoms with E-state index in [0.29, 0.717) is 58.4 Å². The number of halogens is 3. The van der Waals surface area contributed by atoms with E-state index in [1.54, 1.807) is 0 Å². The third-order valence-corrected chi connectivity index (χ3v) is 3.31. The molecule has 0 aliphatic heterocycles. The Hall–Kier alpha value is -1.06. The first-order chi connectivity index (χ1) is 12.4. The zero-order valence-corrected chi connectivity index (χ0v) is 16.3. The lowest BCUT2D eigenvalue weighted by Gasteiger charge is -2.18. The maximum Gasteiger partial charge on any atom is 0.401 e. The summed E-state index contributed by atoms with van der Waals surface area (Å²) in [5.74, 6) is 0.647. The number of hydrogen-bond donors (Lipinski definition) is 2. The van der Waals surface area contributed by atoms with E-state index in [0.717, 1.165) is 19.4 Å². The summed E-state index contributed by atoms with van der Waals surface area (Å²) >= 11 is 0. The van der Waals surface area contributed by atoms with Gasteiger partial charge in [0, 0.05) is 26.2 Å². The second-order valence-corrected chi connectivity index (χ2v) is 5.97. The lowest BCUT2D eigenvalue weighted by Crippen LogP contribution is -2.39. The molecule has 26 heavy (non-hydrogen) atoms. The summed E-state index contributed by atoms with van der Waals surface area (Å²) < 4.78 is 47.6. The maximum atomic E-state index is 12.2. The van der Waals surface area contributed by atoms with Crippen molar-refractivity contribution in [3.05, 3.63) is 0 Å². The summed E-state index contributed by atoms with van der Waals surface area (Å²) in [6, 6.07) is 0. The maximum absolute atomic E-state index is 12.2. The van der Waals surface area contributed by atoms with Crippen molar-refractivity contribution >= 4 is 5.96 Å². The Balaban J connectivity index is 3.79. The zero-order chi connectivity index (χ0) is 19.7. The molecule has 0 aromatic carbocycles. The number of rotatable bonds is 15. The highest BCUT2D eigenvalue weighted by Gasteiger charge is 2.28. The van der Waals surface area contributed by atoms with Crippen molar-refractivity contribution in [1.29, 1.82) is 0 Å². The molecule has 0 saturated carbocycles. The van der Waals surface area contributed by atoms with E-state index >= 15 is 0 Å². The van der Waals surface area contributed by atoms with Crippen LogP contribution in [0.1, 0.15) is 33.1 Å². The van der Waals surface area contributed by atoms with Gasteiger partial charge in [0.1, 0.15) is 0 Å². The summed E-state index contributed by atoms with van der Waals surface area (Å²) in [5, 5.41) is 6.24. The standard InChI is InChI=1S/C17H35F3N4O2/c1-4-6-11-25-13-14-26-12-9-23-16(21-5-2)22-8-7-10-24(3)15-17(18,19)20/h4-15H2,1-3H3,(H2,21,22,23). The van der Waals surface area contributed by atoms with Gasteiger partial charge >= 0.3 is 6.18 Å². The van der Waals surface area contributed by atoms with Gasteiger partial charge in [0.25, 0.3) is 0 Å². The van der Waals surface area contributed by atoms with E-state index in [9.17, 15) is 13.2 Å². The fourth-order valence-electron chi connectivity index (χ4n) is 2.07. The molecule has 0 atom stereocenters. The van der Waals surface area contributed by atoms with Gasteiger partial charge in [-0.15, -0.1) is 0 Å². The van der Waals surface area contributed by atoms with Crippen LogP contribution >= 0.6 is 0 Å². The highest BCUT2D eigenvalue weighted by Crippen LogP contribution is 2.15. The van der Waals surface area contributed by atoms with Gasteiger partial charge in [-0.1, -0.05) is 13.3 Å². The first kappa shape index (κ1) is 24.9. The Bertz CT molecular complexity index is 355. The summed E-state index contributed by atoms with van der Waals surface area (Å²) in [6.07, 6.45) is -1.41. The van der Waals surface area contributed by atoms with Crippen LogP contribution < -0.4 is 10.6 Å². The smallest absolute Gasteiger partial charge is 0.379 e. The van der Waals surface area contributed by atoms with Crippen LogP contribution in [0.4, 0.5) is 13.2 Å². The number of alkyl halides is 3. The molecule has 6 nitrogen and oxygen atoms in total. The molecule has 2 N–H and O–H groups in total. The van der Waals surface area contributed by atoms with Crippen molar-refractivity contribution in [1.82, 2.24) is 15.5 Å². The van der Waals surface area contributed by atoms with Crippen molar-refractivity contribution in [3.63, 3.8) is 0 Å². The minimum Gasteiger partial charge on any atom is -0.379 e. The number of nitrogens with one attached hydrogen (secondary N) is 2. The molecule has 0 spiro atoms. The normalized spacial score (nSPS) is 12.7. The number of ether oxygens (including phenoxy) is 2. The van der Waals surface area contributed by atoms with Crippen LogP contribution in [0.15, 0.2) is 4.99 Å². The SMILES string of the molecule is CCCCOCCOCCNC(=NCCCN(C)CC(F)(F)F)NCC. The highest BCUT2D eigenvalue weighted by molar-refractivity contribution is 5.79. The Labute approximate surface area is 155 Å². The molecule has 0 rings (SSSR count). The van der Waals surface area contributed by atoms with Crippen molar-refractivity contribution in [2.75, 3.05) is 66.2 Å². The second-order valence-electron chi connectivity index (χ2n) is 5.97. The first-order valence-electron chi connectivity index (χ1n) is 9.32. The third-order valence-electron chi connectivity index (χ3n) is 3.31. The third kappa shape index (κ3) is 17.8. The molecule has 0 aromatic heterocycles. The van der Waals surface area contributed by atoms with Crippen molar-refractivity contribution in [2.24, 2.45) is 4.99 Å². The lowest BCUT2D eigenvalue weighted by atomic mass is 10.4. The van der Waals surface area contributed by atoms with Crippen LogP contribution in [0.25, 0.3) is 0 Å². The lowest BCUT2D eigenvalue weighted by molar-refractivity contribution is -0.143. The monoisotopic (exact) mass is 384 g/mol. The Morgan fingerprint density at radius 3 is 2.31 bits per heavy atom. The Morgan fingerprint density at radius 1 is 1.00 bits per heavy atom. The number of unbranched alkanes of at least 4 members (excludes halogenated alkanes) is 1. The topological polar surface area (TPSA) is 58.1 Å². The van der Waals surface area contributed by atoms with Gasteiger partial charge in [-0.05, 0) is 33.4 Å². The number of hydrogen-bond acceptors (Lipinski definition) is 4. The van der Waals surface area contributed by atoms with E-state index < -0.39 is 12.7 Å². The summed E-state index contributed by atoms with van der Waals surface area (Å²) in [7, 11) is 1.46. The minimum atomic E-state index is -4.16. The van der Waals surface area contributed by atoms with Gasteiger partial charge in [0.2, 0.25) is 0 Å². The molecule has 0 radical (unpaired) electrons. The van der Waals surface area contributed by atoms with Gasteiger partial charge in [0.05, 0.1) is 26.4 Å². The van der Waals surface area contributed by atoms with Crippen LogP contribution in [0, 0.1) is 0 Å². The largest absolute Gasteiger partial charge is 0.401 e. The molecule has 0 aliphatic rings. The van der Waals surface area contributed by atoms with Gasteiger partial charge in [-0.2, -0.15) is 13.2 Å². The molecule has 0 heterocycles. The molecule has 0 fully saturated rings. The van der Waals surface area contributed by atoms with E-state index in [4.69, 9.17) is 9.47 Å². The summed E-state index contributed by atoms with van der Waals surface area (Å²) in [6.45, 7) is 7.78. The molecule has 0 aromatic rings. The molecule has 0 bridgehead atoms. The first-order valence-corrected chi connectivity index (χ1v) is 9.32. The van der Waals surface area contributed by atoms with Crippen LogP contribution in [0.2, 0.25) is 0 Å². The van der Waals surface area contributed by atoms with Crippen LogP contribution in [-0.2, 0) is 9.47 Å². The van der Waals surface area contributed by atoms with Gasteiger partial charge in [-0.25, -0.2) is 0 Å². The van der Waals surface area contributed by atoms with Gasteiger partial charge < -0.3 is 20.1 Å². The number of nitrogens with zero attached hydrogens (tertiary/aromatic N) is 2. The number of guanidine groups is 1. The average molecular weight is 384 g/mol. The summed E-state index contributed by atoms with van der Waals surface area (Å²) in [4.78, 5) is 5.61. The van der Waals surface area contributed by atoms with E-state index in [1.165, 1.54) is 11.9 Å². The average Bonchev–Trinajstić information content (AvgIpc) is 2.55. The Morgan fingerprint density at radius 2 is 1.69 bits per heavy atom. The predicted molar refractivity (Wildman–Crippen MR) is 98.7 cm³/mol. The van der Waals surface area contributed by atoms with Crippen LogP contribution in [-0.4, -0.2) is 83.2 Å². The van der Waals surface area contributed by atoms with Crippen LogP contribution in [0.3, 0.4) is 0 Å². The highest BCUT2D eigenvalue weighted by atomic mass is 19.4. The van der Waals surface area contributed by atoms with Gasteiger partial charge in [0.15, 0.2) is 5.96 Å². The zero-order valence-electron chi connectivity index (χ0n) is 16.3. The second kappa shape index (κ2) is 16.1. The predicted octanol–water partition coefficient (Wildman–Crippen LogP) is 2.26. The van der Waals surface area contributed by atoms with Crippen LogP contribution in [0.5, 0.6) is 0 Å².